The van der Waals surface area contributed by atoms with Crippen molar-refractivity contribution in [2.45, 2.75) is 170 Å². The van der Waals surface area contributed by atoms with Crippen molar-refractivity contribution in [2.75, 3.05) is 0 Å². The number of aliphatic carboxylic acids is 1. The van der Waals surface area contributed by atoms with Gasteiger partial charge in [-0.1, -0.05) is 124 Å². The number of hydrogen-bond donors (Lipinski definition) is 2. The molecule has 65 heavy (non-hydrogen) atoms. The molecular weight excluding hydrogens is 1610 g/mol. The Labute approximate surface area is 481 Å². The molecule has 9 nitrogen and oxygen atoms in total. The van der Waals surface area contributed by atoms with Crippen LogP contribution in [0.25, 0.3) is 0 Å². The van der Waals surface area contributed by atoms with Gasteiger partial charge in [0.1, 0.15) is 15.7 Å². The Bertz CT molecular complexity index is 1530. The molecule has 1 heterocycles. The van der Waals surface area contributed by atoms with Crippen LogP contribution in [0.1, 0.15) is 170 Å². The van der Waals surface area contributed by atoms with Gasteiger partial charge in [0.05, 0.1) is 12.3 Å². The Hall–Kier alpha value is -1.05. The van der Waals surface area contributed by atoms with E-state index in [2.05, 4.69) is 91.9 Å². The minimum absolute atomic E-state index is 0. The Balaban J connectivity index is -0.0000000551. The number of carboxylic acid groups (broad SMARTS) is 1. The largest absolute Gasteiger partial charge is 2.00 e. The summed E-state index contributed by atoms with van der Waals surface area (Å²) in [5, 5.41) is 10.5. The van der Waals surface area contributed by atoms with E-state index < -0.39 is 46.1 Å². The molecule has 3 rings (SSSR count). The molecule has 3 amide bonds. The first kappa shape index (κ1) is 90.4. The topological polar surface area (TPSA) is 138 Å². The molecule has 3 unspecified atom stereocenters. The first-order chi connectivity index (χ1) is 25.4. The molecule has 1 saturated heterocycles. The van der Waals surface area contributed by atoms with Gasteiger partial charge in [0, 0.05) is 98.9 Å². The zero-order chi connectivity index (χ0) is 44.2. The summed E-state index contributed by atoms with van der Waals surface area (Å²) < 4.78 is 6.98. The van der Waals surface area contributed by atoms with Gasteiger partial charge < -0.3 is 33.9 Å². The van der Waals surface area contributed by atoms with Crippen LogP contribution >= 0.6 is 0 Å². The number of imide groups is 1. The Morgan fingerprint density at radius 2 is 1.11 bits per heavy atom. The number of aryl methyl sites for hydroxylation is 2. The van der Waals surface area contributed by atoms with Gasteiger partial charge in [0.15, 0.2) is 0 Å². The number of ketones is 2. The molecule has 0 spiro atoms. The van der Waals surface area contributed by atoms with E-state index in [1.165, 1.54) is 37.8 Å². The first-order valence-corrected chi connectivity index (χ1v) is 18.2. The van der Waals surface area contributed by atoms with Gasteiger partial charge >= 0.3 is 48.1 Å². The van der Waals surface area contributed by atoms with E-state index in [-0.39, 0.29) is 180 Å². The third kappa shape index (κ3) is 42.8. The maximum atomic E-state index is 12.2. The van der Waals surface area contributed by atoms with Gasteiger partial charge in [-0.15, -0.1) is 24.3 Å². The molecule has 0 saturated carbocycles. The van der Waals surface area contributed by atoms with E-state index in [0.717, 1.165) is 22.4 Å². The minimum Gasteiger partial charge on any atom is -0.481 e. The van der Waals surface area contributed by atoms with Crippen LogP contribution in [0.3, 0.4) is 0 Å². The summed E-state index contributed by atoms with van der Waals surface area (Å²) >= 11 is 0. The third-order valence-corrected chi connectivity index (χ3v) is 7.64. The standard InChI is InChI=1S/C12H17BNO3.C10H13.C9H11.C8H11BNO4.C5H12.6CH4.2U.2W/c1-7(15)12(5,13)14-9(16)6-8(10(14)17)11(2,3)4;1-3-4-10-7-5-9(2)6-8-10;1-3-9-6-4-8(2)5-7-9;1-5(11)8(2,9)10-6(12)3-4-7(13)14;1-5(2,3)4;;;;;;;;;;/h8H,1,6H2,2-5H3;5-8H,2-4H2,1H3;4-7H,2-3H2,1H3;1,3-4H2,2H3,(H,10,12)(H,13,14);1-4H3;6*1H4;;;;/q4*-1;;;;;;;;;;2*+2/i;;1D;;;;;;;;;;;;. The number of carbonyl (C=O) groups excluding carboxylic acids is 5. The van der Waals surface area contributed by atoms with Crippen LogP contribution < -0.4 is 5.32 Å². The van der Waals surface area contributed by atoms with Crippen molar-refractivity contribution in [3.05, 3.63) is 98.5 Å². The van der Waals surface area contributed by atoms with Gasteiger partial charge in [-0.25, -0.2) is 0 Å². The van der Waals surface area contributed by atoms with Gasteiger partial charge in [-0.3, -0.25) is 24.1 Å². The SMILES string of the molecule is C.C.C.C.C.C.CC(C)(C)C.[2H]CCc1ccc([CH2-])cc1.[B]C(C)(C([CH2-])=O)N1C(=O)CC(C(C)(C)C)C1=O.[B]C(C)(NC(=O)CCC(=O)O)C([CH2-])=O.[CH2-]c1ccc(CCC)cc1.[U].[U].[W+2].[W+2]. The summed E-state index contributed by atoms with van der Waals surface area (Å²) in [5.41, 5.74) is 1.76. The number of carbonyl (C=O) groups is 6. The molecular formula is C50H88B2N2O7U2W2. The van der Waals surface area contributed by atoms with Crippen molar-refractivity contribution in [2.24, 2.45) is 16.7 Å². The monoisotopic (exact) mass is 1700 g/mol. The molecule has 1 aliphatic rings. The van der Waals surface area contributed by atoms with E-state index in [4.69, 9.17) is 22.2 Å². The quantitative estimate of drug-likeness (QED) is 0.137. The van der Waals surface area contributed by atoms with Crippen LogP contribution in [0.15, 0.2) is 48.5 Å². The van der Waals surface area contributed by atoms with E-state index in [1.807, 2.05) is 45.0 Å². The van der Waals surface area contributed by atoms with Gasteiger partial charge in [0.25, 0.3) is 0 Å². The van der Waals surface area contributed by atoms with Crippen molar-refractivity contribution < 1.29 is 140 Å². The van der Waals surface area contributed by atoms with Gasteiger partial charge in [0.2, 0.25) is 17.7 Å². The number of benzene rings is 2. The fourth-order valence-electron chi connectivity index (χ4n) is 4.26. The Morgan fingerprint density at radius 1 is 0.738 bits per heavy atom. The van der Waals surface area contributed by atoms with Crippen LogP contribution in [0.5, 0.6) is 0 Å². The molecule has 1 fully saturated rings. The molecule has 4 radical (unpaired) electrons. The van der Waals surface area contributed by atoms with Crippen molar-refractivity contribution in [3.8, 4) is 0 Å². The average molecular weight is 1700 g/mol. The Kier molecular flexibility index (Phi) is 61.4. The maximum Gasteiger partial charge on any atom is 2.00 e. The second-order valence-corrected chi connectivity index (χ2v) is 16.5. The number of nitrogens with zero attached hydrogens (tertiary/aromatic N) is 1. The van der Waals surface area contributed by atoms with Crippen molar-refractivity contribution in [1.82, 2.24) is 10.2 Å². The van der Waals surface area contributed by atoms with Gasteiger partial charge in [-0.2, -0.15) is 49.2 Å². The number of amides is 3. The number of likely N-dealkylation sites (tertiary alicyclic amines) is 1. The number of hydrogen-bond acceptors (Lipinski definition) is 6. The summed E-state index contributed by atoms with van der Waals surface area (Å²) in [7, 11) is 11.1. The molecule has 1 aliphatic heterocycles. The van der Waals surface area contributed by atoms with E-state index in [9.17, 15) is 28.8 Å². The fourth-order valence-corrected chi connectivity index (χ4v) is 4.26. The van der Waals surface area contributed by atoms with Crippen molar-refractivity contribution in [3.63, 3.8) is 0 Å². The van der Waals surface area contributed by atoms with Crippen LogP contribution in [-0.4, -0.2) is 71.8 Å². The summed E-state index contributed by atoms with van der Waals surface area (Å²) in [5.74, 6) is -4.18. The molecule has 2 aromatic carbocycles. The smallest absolute Gasteiger partial charge is 0.481 e. The predicted octanol–water partition coefficient (Wildman–Crippen LogP) is 11.1. The van der Waals surface area contributed by atoms with Crippen molar-refractivity contribution >= 4 is 50.9 Å². The molecule has 0 aliphatic carbocycles. The van der Waals surface area contributed by atoms with Crippen LogP contribution in [-0.2, 0) is 83.7 Å². The van der Waals surface area contributed by atoms with E-state index in [0.29, 0.717) is 12.3 Å². The third-order valence-electron chi connectivity index (χ3n) is 7.64. The first-order valence-electron chi connectivity index (χ1n) is 18.9. The molecule has 0 bridgehead atoms. The van der Waals surface area contributed by atoms with E-state index in [1.54, 1.807) is 0 Å². The van der Waals surface area contributed by atoms with Gasteiger partial charge in [-0.05, 0) is 37.5 Å². The fraction of sp³-hybridized carbons (Fsp3) is 0.560. The number of rotatable bonds is 10. The maximum absolute atomic E-state index is 12.2. The summed E-state index contributed by atoms with van der Waals surface area (Å²) in [6, 6.07) is 16.4. The molecule has 2 aromatic rings. The normalized spacial score (nSPS) is 13.5. The average Bonchev–Trinajstić information content (AvgIpc) is 3.37. The van der Waals surface area contributed by atoms with Crippen molar-refractivity contribution in [1.29, 1.82) is 0 Å². The van der Waals surface area contributed by atoms with Crippen LogP contribution in [0.2, 0.25) is 0 Å². The zero-order valence-electron chi connectivity index (χ0n) is 37.8. The van der Waals surface area contributed by atoms with Crippen LogP contribution in [0, 0.1) is 107 Å². The molecule has 3 atom stereocenters. The minimum atomic E-state index is -1.64. The number of nitrogens with one attached hydrogen (secondary N) is 1. The van der Waals surface area contributed by atoms with E-state index >= 15 is 0 Å². The summed E-state index contributed by atoms with van der Waals surface area (Å²) in [6.45, 7) is 33.5. The van der Waals surface area contributed by atoms with Crippen LogP contribution in [0.4, 0.5) is 0 Å². The molecule has 2 N–H and O–H groups in total. The predicted molar refractivity (Wildman–Crippen MR) is 264 cm³/mol. The summed E-state index contributed by atoms with van der Waals surface area (Å²) in [6.07, 6.45) is 2.84. The number of Topliss-reactive ketones (excluding diaryl/α,β-unsaturated/α-hetero) is 2. The second kappa shape index (κ2) is 44.2. The zero-order valence-corrected chi connectivity index (χ0v) is 51.0. The second-order valence-electron chi connectivity index (χ2n) is 16.5. The molecule has 0 aromatic heterocycles. The number of carboxylic acids is 1. The molecule has 366 valence electrons. The molecule has 15 heteroatoms. The Morgan fingerprint density at radius 3 is 1.38 bits per heavy atom. The summed E-state index contributed by atoms with van der Waals surface area (Å²) in [4.78, 5) is 68.1.